The number of benzene rings is 1. The Hall–Kier alpha value is -1.88. The fraction of sp³-hybridized carbons (Fsp3) is 0.400. The van der Waals surface area contributed by atoms with Crippen molar-refractivity contribution >= 4 is 23.2 Å². The van der Waals surface area contributed by atoms with Crippen LogP contribution in [0.1, 0.15) is 39.2 Å². The van der Waals surface area contributed by atoms with Crippen LogP contribution in [0, 0.1) is 0 Å². The van der Waals surface area contributed by atoms with Gasteiger partial charge in [-0.3, -0.25) is 0 Å². The first-order valence-corrected chi connectivity index (χ1v) is 7.27. The second-order valence-electron chi connectivity index (χ2n) is 5.28. The van der Waals surface area contributed by atoms with Gasteiger partial charge in [0, 0.05) is 5.69 Å². The zero-order chi connectivity index (χ0) is 15.4. The van der Waals surface area contributed by atoms with E-state index in [4.69, 9.17) is 16.3 Å². The van der Waals surface area contributed by atoms with E-state index < -0.39 is 0 Å². The molecule has 0 radical (unpaired) electrons. The Labute approximate surface area is 129 Å². The minimum atomic E-state index is -0.0263. The summed E-state index contributed by atoms with van der Waals surface area (Å²) in [7, 11) is 0. The lowest BCUT2D eigenvalue weighted by molar-refractivity contribution is 0.222. The Morgan fingerprint density at radius 1 is 1.00 bits per heavy atom. The predicted molar refractivity (Wildman–Crippen MR) is 84.4 cm³/mol. The van der Waals surface area contributed by atoms with Gasteiger partial charge < -0.3 is 10.1 Å². The van der Waals surface area contributed by atoms with Crippen LogP contribution in [0.4, 0.5) is 11.6 Å². The normalized spacial score (nSPS) is 11.0. The summed E-state index contributed by atoms with van der Waals surface area (Å²) in [6.45, 7) is 8.11. The van der Waals surface area contributed by atoms with Crippen LogP contribution >= 0.6 is 11.6 Å². The number of ether oxygens (including phenoxy) is 1. The highest BCUT2D eigenvalue weighted by Gasteiger charge is 2.08. The molecule has 1 N–H and O–H groups in total. The van der Waals surface area contributed by atoms with Gasteiger partial charge in [-0.25, -0.2) is 0 Å². The van der Waals surface area contributed by atoms with Gasteiger partial charge >= 0.3 is 6.01 Å². The van der Waals surface area contributed by atoms with E-state index in [1.54, 1.807) is 0 Å². The predicted octanol–water partition coefficient (Wildman–Crippen LogP) is 4.18. The molecular weight excluding hydrogens is 288 g/mol. The van der Waals surface area contributed by atoms with Crippen LogP contribution in [0.3, 0.4) is 0 Å². The third-order valence-corrected chi connectivity index (χ3v) is 2.93. The number of anilines is 2. The molecule has 0 unspecified atom stereocenters. The lowest BCUT2D eigenvalue weighted by Crippen LogP contribution is -2.10. The molecule has 112 valence electrons. The second kappa shape index (κ2) is 6.72. The molecule has 21 heavy (non-hydrogen) atoms. The molecule has 0 spiro atoms. The Kier molecular flexibility index (Phi) is 4.96. The van der Waals surface area contributed by atoms with Gasteiger partial charge in [-0.05, 0) is 49.1 Å². The molecule has 1 heterocycles. The molecule has 0 amide bonds. The number of halogens is 1. The quantitative estimate of drug-likeness (QED) is 0.898. The molecule has 0 saturated heterocycles. The lowest BCUT2D eigenvalue weighted by Gasteiger charge is -2.10. The van der Waals surface area contributed by atoms with Crippen molar-refractivity contribution in [3.63, 3.8) is 0 Å². The standard InChI is InChI=1S/C15H19ClN4O/c1-9(2)11-5-7-12(8-6-11)17-14-18-13(16)19-15(20-14)21-10(3)4/h5-10H,1-4H3,(H,17,18,19,20). The monoisotopic (exact) mass is 306 g/mol. The highest BCUT2D eigenvalue weighted by molar-refractivity contribution is 6.28. The molecule has 0 fully saturated rings. The molecule has 0 aliphatic heterocycles. The first kappa shape index (κ1) is 15.5. The molecule has 5 nitrogen and oxygen atoms in total. The number of nitrogens with one attached hydrogen (secondary N) is 1. The number of rotatable bonds is 5. The van der Waals surface area contributed by atoms with Gasteiger partial charge in [0.2, 0.25) is 11.2 Å². The fourth-order valence-electron chi connectivity index (χ4n) is 1.73. The van der Waals surface area contributed by atoms with Gasteiger partial charge in [-0.15, -0.1) is 0 Å². The van der Waals surface area contributed by atoms with Gasteiger partial charge in [-0.1, -0.05) is 26.0 Å². The van der Waals surface area contributed by atoms with E-state index in [-0.39, 0.29) is 17.4 Å². The molecule has 0 atom stereocenters. The van der Waals surface area contributed by atoms with E-state index >= 15 is 0 Å². The summed E-state index contributed by atoms with van der Waals surface area (Å²) >= 11 is 5.88. The van der Waals surface area contributed by atoms with E-state index in [0.29, 0.717) is 11.9 Å². The Bertz CT molecular complexity index is 599. The number of nitrogens with zero attached hydrogens (tertiary/aromatic N) is 3. The molecule has 0 aliphatic carbocycles. The van der Waals surface area contributed by atoms with Crippen LogP contribution in [0.2, 0.25) is 5.28 Å². The summed E-state index contributed by atoms with van der Waals surface area (Å²) in [5, 5.41) is 3.20. The third-order valence-electron chi connectivity index (χ3n) is 2.76. The van der Waals surface area contributed by atoms with Crippen LogP contribution in [-0.2, 0) is 0 Å². The maximum absolute atomic E-state index is 5.88. The minimum absolute atomic E-state index is 0.0263. The zero-order valence-electron chi connectivity index (χ0n) is 12.6. The van der Waals surface area contributed by atoms with Crippen LogP contribution in [0.5, 0.6) is 6.01 Å². The van der Waals surface area contributed by atoms with Crippen LogP contribution in [-0.4, -0.2) is 21.1 Å². The Morgan fingerprint density at radius 2 is 1.67 bits per heavy atom. The highest BCUT2D eigenvalue weighted by Crippen LogP contribution is 2.20. The first-order chi connectivity index (χ1) is 9.94. The maximum atomic E-state index is 5.88. The highest BCUT2D eigenvalue weighted by atomic mass is 35.5. The van der Waals surface area contributed by atoms with E-state index in [9.17, 15) is 0 Å². The summed E-state index contributed by atoms with van der Waals surface area (Å²) in [6, 6.07) is 8.32. The lowest BCUT2D eigenvalue weighted by atomic mass is 10.0. The first-order valence-electron chi connectivity index (χ1n) is 6.89. The SMILES string of the molecule is CC(C)Oc1nc(Cl)nc(Nc2ccc(C(C)C)cc2)n1. The van der Waals surface area contributed by atoms with E-state index in [0.717, 1.165) is 5.69 Å². The minimum Gasteiger partial charge on any atom is -0.461 e. The largest absolute Gasteiger partial charge is 0.461 e. The number of hydrogen-bond donors (Lipinski definition) is 1. The Morgan fingerprint density at radius 3 is 2.24 bits per heavy atom. The summed E-state index contributed by atoms with van der Waals surface area (Å²) in [5.74, 6) is 0.861. The van der Waals surface area contributed by atoms with Crippen LogP contribution in [0.15, 0.2) is 24.3 Å². The second-order valence-corrected chi connectivity index (χ2v) is 5.62. The smallest absolute Gasteiger partial charge is 0.322 e. The van der Waals surface area contributed by atoms with Gasteiger partial charge in [-0.2, -0.15) is 15.0 Å². The van der Waals surface area contributed by atoms with E-state index in [1.165, 1.54) is 5.56 Å². The molecule has 1 aromatic heterocycles. The van der Waals surface area contributed by atoms with Gasteiger partial charge in [0.05, 0.1) is 6.10 Å². The summed E-state index contributed by atoms with van der Waals surface area (Å²) in [6.07, 6.45) is -0.0263. The molecule has 2 rings (SSSR count). The van der Waals surface area contributed by atoms with Gasteiger partial charge in [0.25, 0.3) is 0 Å². The number of hydrogen-bond acceptors (Lipinski definition) is 5. The van der Waals surface area contributed by atoms with Crippen LogP contribution < -0.4 is 10.1 Å². The topological polar surface area (TPSA) is 59.9 Å². The summed E-state index contributed by atoms with van der Waals surface area (Å²) in [4.78, 5) is 12.2. The Balaban J connectivity index is 2.16. The third kappa shape index (κ3) is 4.56. The molecule has 0 bridgehead atoms. The van der Waals surface area contributed by atoms with Gasteiger partial charge in [0.1, 0.15) is 0 Å². The average Bonchev–Trinajstić information content (AvgIpc) is 2.37. The van der Waals surface area contributed by atoms with Crippen molar-refractivity contribution < 1.29 is 4.74 Å². The van der Waals surface area contributed by atoms with Crippen molar-refractivity contribution in [2.45, 2.75) is 39.7 Å². The van der Waals surface area contributed by atoms with Crippen molar-refractivity contribution in [3.05, 3.63) is 35.1 Å². The zero-order valence-corrected chi connectivity index (χ0v) is 13.3. The molecule has 6 heteroatoms. The molecule has 2 aromatic rings. The number of aromatic nitrogens is 3. The van der Waals surface area contributed by atoms with Crippen molar-refractivity contribution in [3.8, 4) is 6.01 Å². The molecule has 0 aliphatic rings. The summed E-state index contributed by atoms with van der Waals surface area (Å²) < 4.78 is 5.44. The van der Waals surface area contributed by atoms with Gasteiger partial charge in [0.15, 0.2) is 0 Å². The van der Waals surface area contributed by atoms with Crippen molar-refractivity contribution in [1.29, 1.82) is 0 Å². The molecule has 1 aromatic carbocycles. The summed E-state index contributed by atoms with van der Waals surface area (Å²) in [5.41, 5.74) is 2.16. The van der Waals surface area contributed by atoms with Crippen molar-refractivity contribution in [1.82, 2.24) is 15.0 Å². The molecular formula is C15H19ClN4O. The fourth-order valence-corrected chi connectivity index (χ4v) is 1.88. The van der Waals surface area contributed by atoms with Crippen LogP contribution in [0.25, 0.3) is 0 Å². The van der Waals surface area contributed by atoms with E-state index in [2.05, 4.69) is 46.2 Å². The molecule has 0 saturated carbocycles. The maximum Gasteiger partial charge on any atom is 0.322 e. The van der Waals surface area contributed by atoms with Crippen molar-refractivity contribution in [2.24, 2.45) is 0 Å². The van der Waals surface area contributed by atoms with E-state index in [1.807, 2.05) is 26.0 Å². The average molecular weight is 307 g/mol. The van der Waals surface area contributed by atoms with Crippen molar-refractivity contribution in [2.75, 3.05) is 5.32 Å².